The normalized spacial score (nSPS) is 10.6. The topological polar surface area (TPSA) is 82.5 Å². The largest absolute Gasteiger partial charge is 0.449 e. The summed E-state index contributed by atoms with van der Waals surface area (Å²) in [4.78, 5) is 28.3. The highest BCUT2D eigenvalue weighted by molar-refractivity contribution is 7.99. The van der Waals surface area contributed by atoms with Gasteiger partial charge in [-0.1, -0.05) is 53.9 Å². The van der Waals surface area contributed by atoms with Gasteiger partial charge in [0.25, 0.3) is 5.22 Å². The Labute approximate surface area is 163 Å². The van der Waals surface area contributed by atoms with E-state index in [0.29, 0.717) is 21.9 Å². The third-order valence-electron chi connectivity index (χ3n) is 3.80. The van der Waals surface area contributed by atoms with Crippen LogP contribution in [-0.4, -0.2) is 23.3 Å². The Bertz CT molecular complexity index is 1250. The van der Waals surface area contributed by atoms with Crippen molar-refractivity contribution in [2.75, 3.05) is 12.4 Å². The van der Waals surface area contributed by atoms with Gasteiger partial charge in [-0.25, -0.2) is 14.6 Å². The summed E-state index contributed by atoms with van der Waals surface area (Å²) in [6, 6.07) is 15.9. The van der Waals surface area contributed by atoms with E-state index >= 15 is 0 Å². The Kier molecular flexibility index (Phi) is 5.13. The van der Waals surface area contributed by atoms with Crippen molar-refractivity contribution >= 4 is 39.8 Å². The van der Waals surface area contributed by atoms with Gasteiger partial charge in [0.05, 0.1) is 5.75 Å². The number of benzene rings is 2. The van der Waals surface area contributed by atoms with Crippen molar-refractivity contribution in [2.24, 2.45) is 0 Å². The minimum atomic E-state index is -0.764. The summed E-state index contributed by atoms with van der Waals surface area (Å²) in [5.74, 6) is 5.26. The van der Waals surface area contributed by atoms with Crippen LogP contribution in [0.3, 0.4) is 0 Å². The summed E-state index contributed by atoms with van der Waals surface area (Å²) in [5.41, 5.74) is 1.05. The molecule has 6 nitrogen and oxygen atoms in total. The summed E-state index contributed by atoms with van der Waals surface area (Å²) in [5, 5.41) is 1.18. The van der Waals surface area contributed by atoms with E-state index in [1.165, 1.54) is 17.8 Å². The van der Waals surface area contributed by atoms with Gasteiger partial charge in [-0.15, -0.1) is 0 Å². The Morgan fingerprint density at radius 1 is 1.04 bits per heavy atom. The number of aromatic nitrogens is 1. The maximum absolute atomic E-state index is 12.1. The second-order valence-electron chi connectivity index (χ2n) is 5.65. The summed E-state index contributed by atoms with van der Waals surface area (Å²) in [6.07, 6.45) is 0. The Morgan fingerprint density at radius 3 is 2.68 bits per heavy atom. The molecule has 2 aromatic heterocycles. The minimum absolute atomic E-state index is 0.126. The van der Waals surface area contributed by atoms with Crippen molar-refractivity contribution < 1.29 is 18.4 Å². The minimum Gasteiger partial charge on any atom is -0.449 e. The van der Waals surface area contributed by atoms with E-state index in [9.17, 15) is 9.59 Å². The van der Waals surface area contributed by atoms with Crippen molar-refractivity contribution in [3.8, 4) is 11.8 Å². The van der Waals surface area contributed by atoms with Gasteiger partial charge in [-0.2, -0.15) is 0 Å². The molecule has 0 spiro atoms. The van der Waals surface area contributed by atoms with Crippen LogP contribution in [0.1, 0.15) is 10.4 Å². The number of rotatable bonds is 4. The van der Waals surface area contributed by atoms with Crippen LogP contribution in [0, 0.1) is 11.8 Å². The first kappa shape index (κ1) is 17.9. The average Bonchev–Trinajstić information content (AvgIpc) is 3.12. The Morgan fingerprint density at radius 2 is 1.82 bits per heavy atom. The number of oxazole rings is 1. The van der Waals surface area contributed by atoms with E-state index in [1.54, 1.807) is 24.3 Å². The maximum Gasteiger partial charge on any atom is 0.351 e. The van der Waals surface area contributed by atoms with Gasteiger partial charge in [-0.05, 0) is 24.3 Å². The number of para-hydroxylation sites is 3. The number of hydrogen-bond donors (Lipinski definition) is 0. The summed E-state index contributed by atoms with van der Waals surface area (Å²) in [6.45, 7) is -0.126. The fourth-order valence-electron chi connectivity index (χ4n) is 2.50. The summed E-state index contributed by atoms with van der Waals surface area (Å²) < 4.78 is 15.7. The van der Waals surface area contributed by atoms with E-state index in [2.05, 4.69) is 16.8 Å². The molecule has 4 aromatic rings. The van der Waals surface area contributed by atoms with Crippen molar-refractivity contribution in [1.82, 2.24) is 4.98 Å². The van der Waals surface area contributed by atoms with Gasteiger partial charge in [0.1, 0.15) is 16.7 Å². The number of hydrogen-bond acceptors (Lipinski definition) is 7. The van der Waals surface area contributed by atoms with Crippen LogP contribution in [0.5, 0.6) is 0 Å². The molecular formula is C21H13NO5S. The van der Waals surface area contributed by atoms with E-state index in [0.717, 1.165) is 11.1 Å². The number of carbonyl (C=O) groups is 1. The smallest absolute Gasteiger partial charge is 0.351 e. The first-order valence-corrected chi connectivity index (χ1v) is 9.33. The molecule has 0 fully saturated rings. The van der Waals surface area contributed by atoms with Gasteiger partial charge < -0.3 is 13.6 Å². The highest BCUT2D eigenvalue weighted by Gasteiger charge is 2.14. The average molecular weight is 391 g/mol. The van der Waals surface area contributed by atoms with Crippen molar-refractivity contribution in [3.63, 3.8) is 0 Å². The lowest BCUT2D eigenvalue weighted by molar-refractivity contribution is 0.0552. The number of esters is 1. The quantitative estimate of drug-likeness (QED) is 0.226. The number of carbonyl (C=O) groups excluding carboxylic acids is 1. The predicted octanol–water partition coefficient (Wildman–Crippen LogP) is 3.89. The lowest BCUT2D eigenvalue weighted by atomic mass is 10.2. The van der Waals surface area contributed by atoms with Gasteiger partial charge in [0.2, 0.25) is 0 Å². The van der Waals surface area contributed by atoms with Crippen LogP contribution in [0.2, 0.25) is 0 Å². The highest BCUT2D eigenvalue weighted by Crippen LogP contribution is 2.22. The molecule has 0 saturated carbocycles. The SMILES string of the molecule is O=C(OCC#CCSc1nc2ccccc2o1)c1cc2ccccc2oc1=O. The first-order chi connectivity index (χ1) is 13.7. The number of thioether (sulfide) groups is 1. The van der Waals surface area contributed by atoms with Crippen molar-refractivity contribution in [1.29, 1.82) is 0 Å². The fraction of sp³-hybridized carbons (Fsp3) is 0.0952. The van der Waals surface area contributed by atoms with Crippen molar-refractivity contribution in [3.05, 3.63) is 70.6 Å². The molecule has 138 valence electrons. The molecule has 7 heteroatoms. The maximum atomic E-state index is 12.1. The van der Waals surface area contributed by atoms with Gasteiger partial charge in [0.15, 0.2) is 12.2 Å². The number of nitrogens with zero attached hydrogens (tertiary/aromatic N) is 1. The monoisotopic (exact) mass is 391 g/mol. The third kappa shape index (κ3) is 3.92. The Hall–Kier alpha value is -3.50. The zero-order valence-electron chi connectivity index (χ0n) is 14.5. The molecule has 0 N–H and O–H groups in total. The standard InChI is InChI=1S/C21H13NO5S/c23-19(15-13-14-7-1-3-9-17(14)26-20(15)24)25-11-5-6-12-28-21-22-16-8-2-4-10-18(16)27-21/h1-4,7-10,13H,11-12H2. The molecule has 2 heterocycles. The third-order valence-corrected chi connectivity index (χ3v) is 4.51. The van der Waals surface area contributed by atoms with Crippen LogP contribution >= 0.6 is 11.8 Å². The van der Waals surface area contributed by atoms with E-state index < -0.39 is 11.6 Å². The van der Waals surface area contributed by atoms with E-state index in [1.807, 2.05) is 24.3 Å². The molecule has 4 rings (SSSR count). The molecule has 2 aromatic carbocycles. The molecule has 0 amide bonds. The highest BCUT2D eigenvalue weighted by atomic mass is 32.2. The lowest BCUT2D eigenvalue weighted by Crippen LogP contribution is -2.16. The van der Waals surface area contributed by atoms with Gasteiger partial charge >= 0.3 is 11.6 Å². The first-order valence-electron chi connectivity index (χ1n) is 8.35. The molecular weight excluding hydrogens is 378 g/mol. The molecule has 28 heavy (non-hydrogen) atoms. The molecule has 0 radical (unpaired) electrons. The van der Waals surface area contributed by atoms with Gasteiger partial charge in [0, 0.05) is 5.39 Å². The van der Waals surface area contributed by atoms with Crippen LogP contribution in [0.15, 0.2) is 73.4 Å². The fourth-order valence-corrected chi connectivity index (χ4v) is 3.11. The second kappa shape index (κ2) is 8.03. The Balaban J connectivity index is 1.32. The summed E-state index contributed by atoms with van der Waals surface area (Å²) >= 11 is 1.35. The predicted molar refractivity (Wildman–Crippen MR) is 105 cm³/mol. The summed E-state index contributed by atoms with van der Waals surface area (Å²) in [7, 11) is 0. The molecule has 0 aliphatic carbocycles. The second-order valence-corrected chi connectivity index (χ2v) is 6.58. The zero-order chi connectivity index (χ0) is 19.3. The van der Waals surface area contributed by atoms with E-state index in [-0.39, 0.29) is 12.2 Å². The molecule has 0 aliphatic rings. The molecule has 0 saturated heterocycles. The molecule has 0 unspecified atom stereocenters. The van der Waals surface area contributed by atoms with Gasteiger partial charge in [-0.3, -0.25) is 0 Å². The molecule has 0 bridgehead atoms. The van der Waals surface area contributed by atoms with E-state index in [4.69, 9.17) is 13.6 Å². The number of ether oxygens (including phenoxy) is 1. The van der Waals surface area contributed by atoms with Crippen LogP contribution in [-0.2, 0) is 4.74 Å². The zero-order valence-corrected chi connectivity index (χ0v) is 15.3. The number of fused-ring (bicyclic) bond motifs is 2. The molecule has 0 aliphatic heterocycles. The molecule has 0 atom stereocenters. The van der Waals surface area contributed by atoms with Crippen LogP contribution in [0.4, 0.5) is 0 Å². The van der Waals surface area contributed by atoms with Crippen molar-refractivity contribution in [2.45, 2.75) is 5.22 Å². The lowest BCUT2D eigenvalue weighted by Gasteiger charge is -2.01. The van der Waals surface area contributed by atoms with Crippen LogP contribution < -0.4 is 5.63 Å². The van der Waals surface area contributed by atoms with Crippen LogP contribution in [0.25, 0.3) is 22.1 Å².